The second-order valence-electron chi connectivity index (χ2n) is 7.73. The molecule has 0 saturated carbocycles. The van der Waals surface area contributed by atoms with Crippen LogP contribution in [0.4, 0.5) is 5.69 Å². The number of hydrogen-bond donors (Lipinski definition) is 1. The molecule has 1 heterocycles. The highest BCUT2D eigenvalue weighted by molar-refractivity contribution is 8.26. The van der Waals surface area contributed by atoms with Gasteiger partial charge in [0.1, 0.15) is 12.4 Å². The molecular weight excluding hydrogens is 522 g/mol. The van der Waals surface area contributed by atoms with Crippen molar-refractivity contribution < 1.29 is 19.2 Å². The number of thioether (sulfide) groups is 1. The molecule has 3 aromatic rings. The van der Waals surface area contributed by atoms with Crippen LogP contribution in [0.2, 0.25) is 5.02 Å². The van der Waals surface area contributed by atoms with Gasteiger partial charge in [-0.3, -0.25) is 25.1 Å². The van der Waals surface area contributed by atoms with E-state index in [0.29, 0.717) is 16.2 Å². The maximum Gasteiger partial charge on any atom is 0.285 e. The maximum absolute atomic E-state index is 12.9. The Labute approximate surface area is 221 Å². The Bertz CT molecular complexity index is 1410. The molecule has 0 spiro atoms. The second kappa shape index (κ2) is 10.9. The Balaban J connectivity index is 1.43. The molecule has 1 aliphatic heterocycles. The first-order valence-electron chi connectivity index (χ1n) is 10.5. The molecule has 1 saturated heterocycles. The van der Waals surface area contributed by atoms with Gasteiger partial charge in [0.05, 0.1) is 20.4 Å². The van der Waals surface area contributed by atoms with Gasteiger partial charge in [0.15, 0.2) is 4.32 Å². The molecule has 11 heteroatoms. The molecule has 0 bridgehead atoms. The first kappa shape index (κ1) is 25.4. The first-order valence-corrected chi connectivity index (χ1v) is 12.1. The Morgan fingerprint density at radius 3 is 2.64 bits per heavy atom. The number of hydrogen-bond acceptors (Lipinski definition) is 7. The Hall–Kier alpha value is -3.73. The number of halogens is 1. The van der Waals surface area contributed by atoms with E-state index in [9.17, 15) is 19.7 Å². The third-order valence-electron chi connectivity index (χ3n) is 5.08. The zero-order valence-corrected chi connectivity index (χ0v) is 21.2. The lowest BCUT2D eigenvalue weighted by Crippen LogP contribution is -2.44. The average molecular weight is 540 g/mol. The largest absolute Gasteiger partial charge is 0.489 e. The molecule has 0 aromatic heterocycles. The summed E-state index contributed by atoms with van der Waals surface area (Å²) in [5.74, 6) is -0.446. The molecule has 182 valence electrons. The van der Waals surface area contributed by atoms with E-state index in [1.807, 2.05) is 6.92 Å². The van der Waals surface area contributed by atoms with Gasteiger partial charge < -0.3 is 4.74 Å². The standard InChI is InChI=1S/C25H18ClN3O5S2/c1-15-5-10-20(21(26)11-15)23(30)27-28-24(31)22(36-25(28)35)13-17-3-2-4-19(12-17)34-14-16-6-8-18(9-7-16)29(32)33/h2-13H,14H2,1H3,(H,27,30)/b22-13+. The number of thiocarbonyl (C=S) groups is 1. The van der Waals surface area contributed by atoms with Crippen LogP contribution < -0.4 is 10.2 Å². The van der Waals surface area contributed by atoms with Gasteiger partial charge in [0.2, 0.25) is 0 Å². The second-order valence-corrected chi connectivity index (χ2v) is 9.81. The summed E-state index contributed by atoms with van der Waals surface area (Å²) in [6.07, 6.45) is 1.66. The van der Waals surface area contributed by atoms with Gasteiger partial charge in [0.25, 0.3) is 17.5 Å². The topological polar surface area (TPSA) is 102 Å². The minimum Gasteiger partial charge on any atom is -0.489 e. The van der Waals surface area contributed by atoms with Crippen LogP contribution in [0.3, 0.4) is 0 Å². The van der Waals surface area contributed by atoms with E-state index in [1.54, 1.807) is 60.7 Å². The van der Waals surface area contributed by atoms with Gasteiger partial charge in [-0.05, 0) is 78.3 Å². The molecule has 8 nitrogen and oxygen atoms in total. The molecule has 3 aromatic carbocycles. The number of ether oxygens (including phenoxy) is 1. The molecule has 4 rings (SSSR count). The number of nitro groups is 1. The van der Waals surface area contributed by atoms with Crippen molar-refractivity contribution in [2.24, 2.45) is 0 Å². The quantitative estimate of drug-likeness (QED) is 0.178. The van der Waals surface area contributed by atoms with Crippen molar-refractivity contribution in [3.63, 3.8) is 0 Å². The fourth-order valence-corrected chi connectivity index (χ4v) is 4.76. The lowest BCUT2D eigenvalue weighted by molar-refractivity contribution is -0.384. The van der Waals surface area contributed by atoms with Gasteiger partial charge in [0, 0.05) is 12.1 Å². The Morgan fingerprint density at radius 1 is 1.19 bits per heavy atom. The summed E-state index contributed by atoms with van der Waals surface area (Å²) in [6.45, 7) is 2.08. The smallest absolute Gasteiger partial charge is 0.285 e. The van der Waals surface area contributed by atoms with Crippen molar-refractivity contribution in [3.8, 4) is 5.75 Å². The van der Waals surface area contributed by atoms with E-state index < -0.39 is 16.7 Å². The van der Waals surface area contributed by atoms with Crippen LogP contribution >= 0.6 is 35.6 Å². The van der Waals surface area contributed by atoms with Crippen molar-refractivity contribution in [2.45, 2.75) is 13.5 Å². The van der Waals surface area contributed by atoms with Crippen molar-refractivity contribution in [3.05, 3.63) is 109 Å². The van der Waals surface area contributed by atoms with Crippen LogP contribution in [0.1, 0.15) is 27.0 Å². The van der Waals surface area contributed by atoms with Crippen molar-refractivity contribution >= 4 is 63.5 Å². The van der Waals surface area contributed by atoms with Crippen molar-refractivity contribution in [1.29, 1.82) is 0 Å². The molecule has 1 fully saturated rings. The SMILES string of the molecule is Cc1ccc(C(=O)NN2C(=O)/C(=C\c3cccc(OCc4ccc([N+](=O)[O-])cc4)c3)SC2=S)c(Cl)c1. The summed E-state index contributed by atoms with van der Waals surface area (Å²) in [7, 11) is 0. The molecule has 0 atom stereocenters. The van der Waals surface area contributed by atoms with Gasteiger partial charge in [-0.1, -0.05) is 41.6 Å². The number of hydrazine groups is 1. The van der Waals surface area contributed by atoms with Crippen molar-refractivity contribution in [1.82, 2.24) is 10.4 Å². The Morgan fingerprint density at radius 2 is 1.94 bits per heavy atom. The van der Waals surface area contributed by atoms with Crippen LogP contribution in [0.5, 0.6) is 5.75 Å². The van der Waals surface area contributed by atoms with Gasteiger partial charge >= 0.3 is 0 Å². The van der Waals surface area contributed by atoms with E-state index in [2.05, 4.69) is 5.43 Å². The summed E-state index contributed by atoms with van der Waals surface area (Å²) in [5, 5.41) is 12.1. The highest BCUT2D eigenvalue weighted by Gasteiger charge is 2.34. The van der Waals surface area contributed by atoms with E-state index in [4.69, 9.17) is 28.6 Å². The summed E-state index contributed by atoms with van der Waals surface area (Å²) in [5.41, 5.74) is 5.15. The Kier molecular flexibility index (Phi) is 7.68. The minimum absolute atomic E-state index is 0.0104. The normalized spacial score (nSPS) is 14.3. The van der Waals surface area contributed by atoms with E-state index in [1.165, 1.54) is 12.1 Å². The van der Waals surface area contributed by atoms with Crippen LogP contribution in [0.25, 0.3) is 6.08 Å². The predicted octanol–water partition coefficient (Wildman–Crippen LogP) is 5.68. The van der Waals surface area contributed by atoms with E-state index >= 15 is 0 Å². The van der Waals surface area contributed by atoms with Crippen LogP contribution in [0.15, 0.2) is 71.6 Å². The average Bonchev–Trinajstić information content (AvgIpc) is 3.10. The number of aryl methyl sites for hydroxylation is 1. The highest BCUT2D eigenvalue weighted by atomic mass is 35.5. The minimum atomic E-state index is -0.542. The fourth-order valence-electron chi connectivity index (χ4n) is 3.26. The molecule has 0 aliphatic carbocycles. The first-order chi connectivity index (χ1) is 17.2. The molecule has 36 heavy (non-hydrogen) atoms. The summed E-state index contributed by atoms with van der Waals surface area (Å²) < 4.78 is 5.98. The number of rotatable bonds is 7. The molecule has 2 amide bonds. The maximum atomic E-state index is 12.9. The highest BCUT2D eigenvalue weighted by Crippen LogP contribution is 2.32. The van der Waals surface area contributed by atoms with Gasteiger partial charge in [-0.15, -0.1) is 0 Å². The summed E-state index contributed by atoms with van der Waals surface area (Å²) in [6, 6.07) is 18.2. The lowest BCUT2D eigenvalue weighted by Gasteiger charge is -2.16. The number of benzene rings is 3. The number of carbonyl (C=O) groups is 2. The van der Waals surface area contributed by atoms with E-state index in [0.717, 1.165) is 27.9 Å². The fraction of sp³-hybridized carbons (Fsp3) is 0.0800. The third kappa shape index (κ3) is 5.91. The summed E-state index contributed by atoms with van der Waals surface area (Å²) >= 11 is 12.5. The predicted molar refractivity (Wildman–Crippen MR) is 143 cm³/mol. The molecule has 0 unspecified atom stereocenters. The molecule has 0 radical (unpaired) electrons. The van der Waals surface area contributed by atoms with Gasteiger partial charge in [-0.2, -0.15) is 5.01 Å². The van der Waals surface area contributed by atoms with E-state index in [-0.39, 0.29) is 27.2 Å². The lowest BCUT2D eigenvalue weighted by atomic mass is 10.1. The number of carbonyl (C=O) groups excluding carboxylic acids is 2. The van der Waals surface area contributed by atoms with Crippen LogP contribution in [-0.2, 0) is 11.4 Å². The number of amides is 2. The number of nitrogens with zero attached hydrogens (tertiary/aromatic N) is 2. The molecule has 1 N–H and O–H groups in total. The zero-order valence-electron chi connectivity index (χ0n) is 18.8. The van der Waals surface area contributed by atoms with Gasteiger partial charge in [-0.25, -0.2) is 0 Å². The molecular formula is C25H18ClN3O5S2. The summed E-state index contributed by atoms with van der Waals surface area (Å²) in [4.78, 5) is 36.2. The molecule has 1 aliphatic rings. The monoisotopic (exact) mass is 539 g/mol. The van der Waals surface area contributed by atoms with Crippen molar-refractivity contribution in [2.75, 3.05) is 0 Å². The number of nitrogens with one attached hydrogen (secondary N) is 1. The third-order valence-corrected chi connectivity index (χ3v) is 6.70. The number of nitro benzene ring substituents is 1. The number of non-ortho nitro benzene ring substituents is 1. The van der Waals surface area contributed by atoms with Crippen LogP contribution in [-0.4, -0.2) is 26.1 Å². The van der Waals surface area contributed by atoms with Crippen LogP contribution in [0, 0.1) is 17.0 Å². The zero-order chi connectivity index (χ0) is 25.8.